The molecule has 0 aromatic heterocycles. The summed E-state index contributed by atoms with van der Waals surface area (Å²) in [6, 6.07) is 14.2. The molecule has 1 heterocycles. The Bertz CT molecular complexity index is 979. The fourth-order valence-corrected chi connectivity index (χ4v) is 3.76. The van der Waals surface area contributed by atoms with Gasteiger partial charge in [0.1, 0.15) is 11.5 Å². The number of benzene rings is 2. The minimum absolute atomic E-state index is 0.113. The van der Waals surface area contributed by atoms with Crippen LogP contribution in [0.5, 0.6) is 5.75 Å². The van der Waals surface area contributed by atoms with E-state index >= 15 is 0 Å². The van der Waals surface area contributed by atoms with Crippen molar-refractivity contribution >= 4 is 17.4 Å². The third-order valence-electron chi connectivity index (χ3n) is 5.45. The predicted molar refractivity (Wildman–Crippen MR) is 121 cm³/mol. The molecule has 0 saturated carbocycles. The van der Waals surface area contributed by atoms with E-state index in [0.29, 0.717) is 31.0 Å². The zero-order chi connectivity index (χ0) is 22.5. The lowest BCUT2D eigenvalue weighted by molar-refractivity contribution is -0.140. The molecule has 1 aliphatic heterocycles. The number of Topliss-reactive ketones (excluding diaryl/α,β-unsaturated/α-hetero) is 1. The molecule has 3 rings (SSSR count). The third-order valence-corrected chi connectivity index (χ3v) is 5.45. The van der Waals surface area contributed by atoms with Crippen LogP contribution in [0.4, 0.5) is 0 Å². The molecule has 1 aliphatic rings. The van der Waals surface area contributed by atoms with Crippen molar-refractivity contribution in [2.24, 2.45) is 0 Å². The first kappa shape index (κ1) is 22.6. The standard InChI is InChI=1S/C25H30N2O4/c1-5-17-10-12-18(13-11-17)22-21(24(29)25(30)27(22)15-14-26(3)4)23(28)19-8-7-9-20(16-19)31-6-2/h7-13,16,22,28H,5-6,14-15H2,1-4H3/b23-21-. The molecule has 1 saturated heterocycles. The summed E-state index contributed by atoms with van der Waals surface area (Å²) in [6.07, 6.45) is 0.894. The van der Waals surface area contributed by atoms with Crippen LogP contribution in [0, 0.1) is 0 Å². The number of carbonyl (C=O) groups excluding carboxylic acids is 2. The molecule has 2 aromatic rings. The van der Waals surface area contributed by atoms with Crippen molar-refractivity contribution < 1.29 is 19.4 Å². The van der Waals surface area contributed by atoms with Crippen molar-refractivity contribution in [3.63, 3.8) is 0 Å². The highest BCUT2D eigenvalue weighted by Crippen LogP contribution is 2.39. The monoisotopic (exact) mass is 422 g/mol. The molecule has 0 aliphatic carbocycles. The summed E-state index contributed by atoms with van der Waals surface area (Å²) < 4.78 is 5.53. The van der Waals surface area contributed by atoms with Crippen LogP contribution in [0.2, 0.25) is 0 Å². The number of carbonyl (C=O) groups is 2. The van der Waals surface area contributed by atoms with Gasteiger partial charge < -0.3 is 19.6 Å². The highest BCUT2D eigenvalue weighted by molar-refractivity contribution is 6.46. The highest BCUT2D eigenvalue weighted by atomic mass is 16.5. The zero-order valence-corrected chi connectivity index (χ0v) is 18.6. The molecule has 1 unspecified atom stereocenters. The van der Waals surface area contributed by atoms with E-state index in [1.165, 1.54) is 5.56 Å². The van der Waals surface area contributed by atoms with Crippen LogP contribution in [0.15, 0.2) is 54.1 Å². The summed E-state index contributed by atoms with van der Waals surface area (Å²) in [5.41, 5.74) is 2.53. The van der Waals surface area contributed by atoms with Crippen LogP contribution in [-0.4, -0.2) is 60.4 Å². The first-order chi connectivity index (χ1) is 14.9. The van der Waals surface area contributed by atoms with E-state index in [1.807, 2.05) is 50.2 Å². The van der Waals surface area contributed by atoms with Gasteiger partial charge in [0, 0.05) is 18.7 Å². The molecule has 6 nitrogen and oxygen atoms in total. The average molecular weight is 423 g/mol. The smallest absolute Gasteiger partial charge is 0.295 e. The van der Waals surface area contributed by atoms with Crippen molar-refractivity contribution in [1.29, 1.82) is 0 Å². The number of aryl methyl sites for hydroxylation is 1. The number of amides is 1. The number of nitrogens with zero attached hydrogens (tertiary/aromatic N) is 2. The van der Waals surface area contributed by atoms with Crippen molar-refractivity contribution in [3.8, 4) is 5.75 Å². The van der Waals surface area contributed by atoms with Gasteiger partial charge in [-0.2, -0.15) is 0 Å². The van der Waals surface area contributed by atoms with Crippen LogP contribution in [0.3, 0.4) is 0 Å². The van der Waals surface area contributed by atoms with Gasteiger partial charge in [0.05, 0.1) is 18.2 Å². The molecule has 1 fully saturated rings. The maximum atomic E-state index is 13.0. The number of aliphatic hydroxyl groups excluding tert-OH is 1. The largest absolute Gasteiger partial charge is 0.507 e. The number of hydrogen-bond donors (Lipinski definition) is 1. The molecule has 1 N–H and O–H groups in total. The Morgan fingerprint density at radius 2 is 1.81 bits per heavy atom. The summed E-state index contributed by atoms with van der Waals surface area (Å²) in [5, 5.41) is 11.1. The van der Waals surface area contributed by atoms with Crippen LogP contribution in [-0.2, 0) is 16.0 Å². The lowest BCUT2D eigenvalue weighted by Crippen LogP contribution is -2.35. The topological polar surface area (TPSA) is 70.1 Å². The number of aliphatic hydroxyl groups is 1. The summed E-state index contributed by atoms with van der Waals surface area (Å²) in [4.78, 5) is 29.5. The van der Waals surface area contributed by atoms with Gasteiger partial charge in [0.15, 0.2) is 0 Å². The number of likely N-dealkylation sites (N-methyl/N-ethyl adjacent to an activating group) is 1. The maximum absolute atomic E-state index is 13.0. The van der Waals surface area contributed by atoms with Gasteiger partial charge in [-0.25, -0.2) is 0 Å². The molecule has 0 spiro atoms. The lowest BCUT2D eigenvalue weighted by atomic mass is 9.94. The first-order valence-electron chi connectivity index (χ1n) is 10.6. The second-order valence-electron chi connectivity index (χ2n) is 7.85. The molecule has 1 atom stereocenters. The van der Waals surface area contributed by atoms with Gasteiger partial charge in [-0.1, -0.05) is 43.3 Å². The fraction of sp³-hybridized carbons (Fsp3) is 0.360. The Hall–Kier alpha value is -3.12. The van der Waals surface area contributed by atoms with Crippen LogP contribution in [0.25, 0.3) is 5.76 Å². The Morgan fingerprint density at radius 3 is 2.42 bits per heavy atom. The maximum Gasteiger partial charge on any atom is 0.295 e. The third kappa shape index (κ3) is 4.80. The second-order valence-corrected chi connectivity index (χ2v) is 7.85. The van der Waals surface area contributed by atoms with E-state index in [4.69, 9.17) is 4.74 Å². The van der Waals surface area contributed by atoms with Crippen molar-refractivity contribution in [2.45, 2.75) is 26.3 Å². The van der Waals surface area contributed by atoms with Gasteiger partial charge in [-0.3, -0.25) is 9.59 Å². The molecule has 6 heteroatoms. The van der Waals surface area contributed by atoms with Crippen LogP contribution >= 0.6 is 0 Å². The van der Waals surface area contributed by atoms with Crippen molar-refractivity contribution in [1.82, 2.24) is 9.80 Å². The number of ketones is 1. The van der Waals surface area contributed by atoms with E-state index in [9.17, 15) is 14.7 Å². The highest BCUT2D eigenvalue weighted by Gasteiger charge is 2.45. The van der Waals surface area contributed by atoms with Crippen molar-refractivity contribution in [2.75, 3.05) is 33.8 Å². The molecule has 31 heavy (non-hydrogen) atoms. The quantitative estimate of drug-likeness (QED) is 0.400. The molecule has 0 bridgehead atoms. The van der Waals surface area contributed by atoms with E-state index in [2.05, 4.69) is 6.92 Å². The van der Waals surface area contributed by atoms with Crippen molar-refractivity contribution in [3.05, 3.63) is 70.8 Å². The number of rotatable bonds is 8. The van der Waals surface area contributed by atoms with Gasteiger partial charge in [-0.15, -0.1) is 0 Å². The van der Waals surface area contributed by atoms with Gasteiger partial charge in [-0.05, 0) is 50.7 Å². The Balaban J connectivity index is 2.12. The molecule has 0 radical (unpaired) electrons. The summed E-state index contributed by atoms with van der Waals surface area (Å²) in [5.74, 6) is -0.842. The fourth-order valence-electron chi connectivity index (χ4n) is 3.76. The van der Waals surface area contributed by atoms with Crippen LogP contribution in [0.1, 0.15) is 36.6 Å². The number of hydrogen-bond acceptors (Lipinski definition) is 5. The minimum Gasteiger partial charge on any atom is -0.507 e. The molecular weight excluding hydrogens is 392 g/mol. The molecule has 164 valence electrons. The Kier molecular flexibility index (Phi) is 7.13. The molecule has 1 amide bonds. The summed E-state index contributed by atoms with van der Waals surface area (Å²) >= 11 is 0. The summed E-state index contributed by atoms with van der Waals surface area (Å²) in [6.45, 7) is 5.43. The van der Waals surface area contributed by atoms with Gasteiger partial charge in [0.2, 0.25) is 0 Å². The normalized spacial score (nSPS) is 18.1. The lowest BCUT2D eigenvalue weighted by Gasteiger charge is -2.26. The average Bonchev–Trinajstić information content (AvgIpc) is 3.02. The van der Waals surface area contributed by atoms with Gasteiger partial charge in [0.25, 0.3) is 11.7 Å². The zero-order valence-electron chi connectivity index (χ0n) is 18.6. The predicted octanol–water partition coefficient (Wildman–Crippen LogP) is 3.63. The van der Waals surface area contributed by atoms with E-state index in [0.717, 1.165) is 12.0 Å². The van der Waals surface area contributed by atoms with Crippen LogP contribution < -0.4 is 4.74 Å². The van der Waals surface area contributed by atoms with E-state index < -0.39 is 17.7 Å². The minimum atomic E-state index is -0.664. The second kappa shape index (κ2) is 9.79. The van der Waals surface area contributed by atoms with E-state index in [1.54, 1.807) is 29.2 Å². The summed E-state index contributed by atoms with van der Waals surface area (Å²) in [7, 11) is 3.84. The van der Waals surface area contributed by atoms with E-state index in [-0.39, 0.29) is 11.3 Å². The SMILES string of the molecule is CCOc1cccc(/C(O)=C2/C(=O)C(=O)N(CCN(C)C)C2c2ccc(CC)cc2)c1. The first-order valence-corrected chi connectivity index (χ1v) is 10.6. The van der Waals surface area contributed by atoms with Gasteiger partial charge >= 0.3 is 0 Å². The molecule has 2 aromatic carbocycles. The number of likely N-dealkylation sites (tertiary alicyclic amines) is 1. The number of ether oxygens (including phenoxy) is 1. The Labute approximate surface area is 183 Å². The molecular formula is C25H30N2O4. The Morgan fingerprint density at radius 1 is 1.10 bits per heavy atom.